The number of non-ortho nitro benzene ring substituents is 1. The highest BCUT2D eigenvalue weighted by Crippen LogP contribution is 2.34. The zero-order valence-electron chi connectivity index (χ0n) is 8.10. The van der Waals surface area contributed by atoms with Gasteiger partial charge in [0.15, 0.2) is 0 Å². The average molecular weight is 207 g/mol. The SMILES string of the molecule is CCC1OC(=O)c2cc([N+](=O)[O-])ccc21. The van der Waals surface area contributed by atoms with Crippen molar-refractivity contribution in [1.29, 1.82) is 0 Å². The summed E-state index contributed by atoms with van der Waals surface area (Å²) in [7, 11) is 0. The smallest absolute Gasteiger partial charge is 0.339 e. The van der Waals surface area contributed by atoms with Crippen molar-refractivity contribution in [3.05, 3.63) is 39.4 Å². The number of carbonyl (C=O) groups is 1. The normalized spacial score (nSPS) is 18.5. The van der Waals surface area contributed by atoms with Crippen molar-refractivity contribution in [2.24, 2.45) is 0 Å². The van der Waals surface area contributed by atoms with Crippen LogP contribution < -0.4 is 0 Å². The molecule has 0 radical (unpaired) electrons. The summed E-state index contributed by atoms with van der Waals surface area (Å²) in [5, 5.41) is 10.5. The Kier molecular flexibility index (Phi) is 2.15. The molecule has 0 spiro atoms. The molecule has 1 aliphatic heterocycles. The first-order valence-corrected chi connectivity index (χ1v) is 4.62. The average Bonchev–Trinajstić information content (AvgIpc) is 2.55. The predicted molar refractivity (Wildman–Crippen MR) is 51.5 cm³/mol. The third-order valence-electron chi connectivity index (χ3n) is 2.43. The first-order chi connectivity index (χ1) is 7.13. The van der Waals surface area contributed by atoms with E-state index in [0.29, 0.717) is 12.0 Å². The van der Waals surface area contributed by atoms with Crippen molar-refractivity contribution in [2.45, 2.75) is 19.4 Å². The van der Waals surface area contributed by atoms with Crippen molar-refractivity contribution in [3.63, 3.8) is 0 Å². The van der Waals surface area contributed by atoms with Crippen molar-refractivity contribution in [1.82, 2.24) is 0 Å². The Morgan fingerprint density at radius 1 is 1.53 bits per heavy atom. The molecule has 1 unspecified atom stereocenters. The molecule has 15 heavy (non-hydrogen) atoms. The lowest BCUT2D eigenvalue weighted by Gasteiger charge is -2.05. The summed E-state index contributed by atoms with van der Waals surface area (Å²) in [6.45, 7) is 1.90. The number of rotatable bonds is 2. The lowest BCUT2D eigenvalue weighted by atomic mass is 10.0. The molecular formula is C10H9NO4. The summed E-state index contributed by atoms with van der Waals surface area (Å²) in [4.78, 5) is 21.4. The van der Waals surface area contributed by atoms with Crippen LogP contribution in [0.2, 0.25) is 0 Å². The molecule has 2 rings (SSSR count). The molecule has 1 atom stereocenters. The van der Waals surface area contributed by atoms with Crippen molar-refractivity contribution < 1.29 is 14.5 Å². The van der Waals surface area contributed by atoms with E-state index < -0.39 is 10.9 Å². The third kappa shape index (κ3) is 1.45. The van der Waals surface area contributed by atoms with Crippen molar-refractivity contribution in [2.75, 3.05) is 0 Å². The van der Waals surface area contributed by atoms with Crippen LogP contribution in [0.5, 0.6) is 0 Å². The van der Waals surface area contributed by atoms with Crippen LogP contribution >= 0.6 is 0 Å². The molecule has 0 aliphatic carbocycles. The maximum Gasteiger partial charge on any atom is 0.339 e. The lowest BCUT2D eigenvalue weighted by Crippen LogP contribution is -1.96. The predicted octanol–water partition coefficient (Wildman–Crippen LogP) is 2.22. The number of carbonyl (C=O) groups excluding carboxylic acids is 1. The van der Waals surface area contributed by atoms with Gasteiger partial charge in [-0.2, -0.15) is 0 Å². The van der Waals surface area contributed by atoms with Gasteiger partial charge in [-0.15, -0.1) is 0 Å². The molecule has 5 heteroatoms. The summed E-state index contributed by atoms with van der Waals surface area (Å²) in [6, 6.07) is 4.25. The first-order valence-electron chi connectivity index (χ1n) is 4.62. The van der Waals surface area contributed by atoms with Gasteiger partial charge in [0.05, 0.1) is 10.5 Å². The highest BCUT2D eigenvalue weighted by molar-refractivity contribution is 5.94. The van der Waals surface area contributed by atoms with E-state index in [2.05, 4.69) is 0 Å². The quantitative estimate of drug-likeness (QED) is 0.423. The fourth-order valence-corrected chi connectivity index (χ4v) is 1.67. The molecular weight excluding hydrogens is 198 g/mol. The highest BCUT2D eigenvalue weighted by Gasteiger charge is 2.31. The number of esters is 1. The van der Waals surface area contributed by atoms with E-state index in [1.807, 2.05) is 6.92 Å². The van der Waals surface area contributed by atoms with Gasteiger partial charge in [-0.05, 0) is 12.5 Å². The van der Waals surface area contributed by atoms with Gasteiger partial charge >= 0.3 is 5.97 Å². The molecule has 0 fully saturated rings. The number of nitrogens with zero attached hydrogens (tertiary/aromatic N) is 1. The van der Waals surface area contributed by atoms with E-state index in [0.717, 1.165) is 5.56 Å². The van der Waals surface area contributed by atoms with E-state index in [4.69, 9.17) is 4.74 Å². The minimum absolute atomic E-state index is 0.0811. The number of ether oxygens (including phenoxy) is 1. The van der Waals surface area contributed by atoms with Gasteiger partial charge in [-0.1, -0.05) is 6.92 Å². The van der Waals surface area contributed by atoms with Gasteiger partial charge in [0.25, 0.3) is 5.69 Å². The van der Waals surface area contributed by atoms with Gasteiger partial charge in [0.2, 0.25) is 0 Å². The Hall–Kier alpha value is -1.91. The van der Waals surface area contributed by atoms with E-state index in [-0.39, 0.29) is 11.8 Å². The molecule has 0 N–H and O–H groups in total. The fraction of sp³-hybridized carbons (Fsp3) is 0.300. The van der Waals surface area contributed by atoms with Crippen LogP contribution in [-0.2, 0) is 4.74 Å². The molecule has 5 nitrogen and oxygen atoms in total. The molecule has 1 aromatic rings. The summed E-state index contributed by atoms with van der Waals surface area (Å²) < 4.78 is 5.05. The van der Waals surface area contributed by atoms with Crippen LogP contribution in [-0.4, -0.2) is 10.9 Å². The van der Waals surface area contributed by atoms with Crippen molar-refractivity contribution >= 4 is 11.7 Å². The number of cyclic esters (lactones) is 1. The lowest BCUT2D eigenvalue weighted by molar-refractivity contribution is -0.384. The number of benzene rings is 1. The maximum atomic E-state index is 11.4. The van der Waals surface area contributed by atoms with Crippen LogP contribution in [0.3, 0.4) is 0 Å². The number of nitro benzene ring substituents is 1. The summed E-state index contributed by atoms with van der Waals surface area (Å²) in [5.74, 6) is -0.472. The van der Waals surface area contributed by atoms with E-state index in [9.17, 15) is 14.9 Å². The van der Waals surface area contributed by atoms with Gasteiger partial charge in [0.1, 0.15) is 6.10 Å². The largest absolute Gasteiger partial charge is 0.454 e. The van der Waals surface area contributed by atoms with Gasteiger partial charge < -0.3 is 4.74 Å². The van der Waals surface area contributed by atoms with E-state index >= 15 is 0 Å². The number of hydrogen-bond donors (Lipinski definition) is 0. The van der Waals surface area contributed by atoms with Gasteiger partial charge in [-0.3, -0.25) is 10.1 Å². The van der Waals surface area contributed by atoms with E-state index in [1.165, 1.54) is 12.1 Å². The molecule has 0 aromatic heterocycles. The Labute approximate surface area is 85.8 Å². The summed E-state index contributed by atoms with van der Waals surface area (Å²) >= 11 is 0. The zero-order chi connectivity index (χ0) is 11.0. The Balaban J connectivity index is 2.50. The number of hydrogen-bond acceptors (Lipinski definition) is 4. The van der Waals surface area contributed by atoms with Gasteiger partial charge in [-0.25, -0.2) is 4.79 Å². The van der Waals surface area contributed by atoms with Crippen LogP contribution in [0.4, 0.5) is 5.69 Å². The molecule has 0 amide bonds. The van der Waals surface area contributed by atoms with Crippen LogP contribution in [0, 0.1) is 10.1 Å². The molecule has 1 heterocycles. The highest BCUT2D eigenvalue weighted by atomic mass is 16.6. The molecule has 1 aromatic carbocycles. The first kappa shape index (κ1) is 9.64. The van der Waals surface area contributed by atoms with Crippen molar-refractivity contribution in [3.8, 4) is 0 Å². The number of nitro groups is 1. The molecule has 78 valence electrons. The number of fused-ring (bicyclic) bond motifs is 1. The molecule has 1 aliphatic rings. The van der Waals surface area contributed by atoms with Crippen LogP contribution in [0.1, 0.15) is 35.4 Å². The Bertz CT molecular complexity index is 441. The second-order valence-corrected chi connectivity index (χ2v) is 3.33. The summed E-state index contributed by atoms with van der Waals surface area (Å²) in [6.07, 6.45) is 0.421. The summed E-state index contributed by atoms with van der Waals surface area (Å²) in [5.41, 5.74) is 0.978. The molecule has 0 bridgehead atoms. The second kappa shape index (κ2) is 3.34. The molecule has 0 saturated heterocycles. The third-order valence-corrected chi connectivity index (χ3v) is 2.43. The minimum atomic E-state index is -0.521. The minimum Gasteiger partial charge on any atom is -0.454 e. The standard InChI is InChI=1S/C10H9NO4/c1-2-9-7-4-3-6(11(13)14)5-8(7)10(12)15-9/h3-5,9H,2H2,1H3. The van der Waals surface area contributed by atoms with Crippen LogP contribution in [0.15, 0.2) is 18.2 Å². The monoisotopic (exact) mass is 207 g/mol. The molecule has 0 saturated carbocycles. The maximum absolute atomic E-state index is 11.4. The van der Waals surface area contributed by atoms with E-state index in [1.54, 1.807) is 6.07 Å². The van der Waals surface area contributed by atoms with Crippen LogP contribution in [0.25, 0.3) is 0 Å². The fourth-order valence-electron chi connectivity index (χ4n) is 1.67. The topological polar surface area (TPSA) is 69.4 Å². The Morgan fingerprint density at radius 3 is 2.87 bits per heavy atom. The Morgan fingerprint density at radius 2 is 2.27 bits per heavy atom. The second-order valence-electron chi connectivity index (χ2n) is 3.33. The zero-order valence-corrected chi connectivity index (χ0v) is 8.10. The van der Waals surface area contributed by atoms with Gasteiger partial charge in [0, 0.05) is 17.7 Å².